The van der Waals surface area contributed by atoms with E-state index in [2.05, 4.69) is 25.7 Å². The fourth-order valence-corrected chi connectivity index (χ4v) is 3.80. The quantitative estimate of drug-likeness (QED) is 0.625. The molecule has 2 aromatic carbocycles. The predicted octanol–water partition coefficient (Wildman–Crippen LogP) is 4.62. The molecule has 146 valence electrons. The van der Waals surface area contributed by atoms with Gasteiger partial charge in [-0.1, -0.05) is 18.2 Å². The minimum Gasteiger partial charge on any atom is -0.465 e. The largest absolute Gasteiger partial charge is 0.465 e. The lowest BCUT2D eigenvalue weighted by Gasteiger charge is -2.33. The van der Waals surface area contributed by atoms with Crippen molar-refractivity contribution in [3.63, 3.8) is 0 Å². The Balaban J connectivity index is 1.93. The van der Waals surface area contributed by atoms with Crippen LogP contribution in [0, 0.1) is 5.82 Å². The van der Waals surface area contributed by atoms with Crippen molar-refractivity contribution in [2.75, 3.05) is 6.54 Å². The van der Waals surface area contributed by atoms with Crippen molar-refractivity contribution in [2.45, 2.75) is 19.2 Å². The van der Waals surface area contributed by atoms with Gasteiger partial charge in [-0.3, -0.25) is 4.90 Å². The normalized spacial score (nSPS) is 16.5. The van der Waals surface area contributed by atoms with Gasteiger partial charge in [0.2, 0.25) is 0 Å². The zero-order valence-corrected chi connectivity index (χ0v) is 15.7. The monoisotopic (exact) mass is 455 g/mol. The van der Waals surface area contributed by atoms with Gasteiger partial charge in [-0.25, -0.2) is 14.2 Å². The summed E-state index contributed by atoms with van der Waals surface area (Å²) in [6.07, 6.45) is -1.16. The molecule has 1 aliphatic heterocycles. The summed E-state index contributed by atoms with van der Waals surface area (Å²) in [4.78, 5) is 17.1. The van der Waals surface area contributed by atoms with Gasteiger partial charge in [0.05, 0.1) is 28.1 Å². The van der Waals surface area contributed by atoms with Crippen LogP contribution in [-0.4, -0.2) is 38.8 Å². The second kappa shape index (κ2) is 7.01. The summed E-state index contributed by atoms with van der Waals surface area (Å²) < 4.78 is 46.3. The topological polar surface area (TPSA) is 67.6 Å². The number of ether oxygens (including phenoxy) is 1. The number of amides is 1. The highest BCUT2D eigenvalue weighted by atomic mass is 79.9. The van der Waals surface area contributed by atoms with E-state index in [1.807, 2.05) is 0 Å². The Hall–Kier alpha value is -2.75. The number of fused-ring (bicyclic) bond motifs is 3. The van der Waals surface area contributed by atoms with E-state index < -0.39 is 24.6 Å². The van der Waals surface area contributed by atoms with Crippen molar-refractivity contribution in [2.24, 2.45) is 0 Å². The molecule has 1 aliphatic rings. The first kappa shape index (κ1) is 18.6. The van der Waals surface area contributed by atoms with Crippen LogP contribution in [0.2, 0.25) is 0 Å². The summed E-state index contributed by atoms with van der Waals surface area (Å²) in [7, 11) is 0. The molecule has 0 fully saturated rings. The van der Waals surface area contributed by atoms with Crippen molar-refractivity contribution < 1.29 is 27.8 Å². The summed E-state index contributed by atoms with van der Waals surface area (Å²) in [5.74, 6) is -0.169. The van der Waals surface area contributed by atoms with Crippen LogP contribution in [0.1, 0.15) is 17.4 Å². The average Bonchev–Trinajstić information content (AvgIpc) is 2.98. The van der Waals surface area contributed by atoms with Crippen LogP contribution >= 0.6 is 15.9 Å². The first-order valence-corrected chi connectivity index (χ1v) is 9.02. The van der Waals surface area contributed by atoms with Gasteiger partial charge < -0.3 is 14.4 Å². The number of rotatable bonds is 3. The Bertz CT molecular complexity index is 1070. The Kier molecular flexibility index (Phi) is 4.66. The van der Waals surface area contributed by atoms with Crippen LogP contribution in [0.15, 0.2) is 40.9 Å². The second-order valence-electron chi connectivity index (χ2n) is 6.25. The maximum absolute atomic E-state index is 13.9. The van der Waals surface area contributed by atoms with Gasteiger partial charge in [0, 0.05) is 18.2 Å². The lowest BCUT2D eigenvalue weighted by atomic mass is 10.0. The molecule has 28 heavy (non-hydrogen) atoms. The lowest BCUT2D eigenvalue weighted by Crippen LogP contribution is -2.41. The number of aromatic nitrogens is 2. The van der Waals surface area contributed by atoms with Gasteiger partial charge in [0.15, 0.2) is 0 Å². The number of benzene rings is 2. The van der Waals surface area contributed by atoms with Crippen molar-refractivity contribution in [3.8, 4) is 5.75 Å². The minimum atomic E-state index is -3.03. The fourth-order valence-electron chi connectivity index (χ4n) is 3.47. The molecular weight excluding hydrogens is 443 g/mol. The third kappa shape index (κ3) is 3.17. The van der Waals surface area contributed by atoms with E-state index in [9.17, 15) is 23.1 Å². The van der Waals surface area contributed by atoms with Gasteiger partial charge >= 0.3 is 12.7 Å². The molecule has 0 spiro atoms. The summed E-state index contributed by atoms with van der Waals surface area (Å²) in [5, 5.41) is 9.48. The molecule has 0 unspecified atom stereocenters. The SMILES string of the molecule is O=C(O)N1Cc2nc3cc(F)c(Br)cc3n2[C@@H](c2ccccc2OC(F)F)C1. The molecule has 1 aromatic heterocycles. The molecule has 1 N–H and O–H groups in total. The Morgan fingerprint density at radius 3 is 2.79 bits per heavy atom. The lowest BCUT2D eigenvalue weighted by molar-refractivity contribution is -0.0508. The average molecular weight is 456 g/mol. The van der Waals surface area contributed by atoms with Crippen molar-refractivity contribution in [1.29, 1.82) is 0 Å². The van der Waals surface area contributed by atoms with Gasteiger partial charge in [-0.2, -0.15) is 8.78 Å². The van der Waals surface area contributed by atoms with E-state index in [0.717, 1.165) is 4.90 Å². The first-order valence-electron chi connectivity index (χ1n) is 8.22. The molecule has 0 bridgehead atoms. The maximum atomic E-state index is 13.9. The zero-order valence-electron chi connectivity index (χ0n) is 14.2. The molecular formula is C18H13BrF3N3O3. The van der Waals surface area contributed by atoms with Crippen molar-refractivity contribution in [3.05, 3.63) is 58.1 Å². The van der Waals surface area contributed by atoms with Crippen LogP contribution in [0.4, 0.5) is 18.0 Å². The third-order valence-electron chi connectivity index (χ3n) is 4.61. The molecule has 2 heterocycles. The summed E-state index contributed by atoms with van der Waals surface area (Å²) in [6.45, 7) is -3.02. The summed E-state index contributed by atoms with van der Waals surface area (Å²) >= 11 is 3.14. The molecule has 10 heteroatoms. The molecule has 0 saturated carbocycles. The molecule has 0 aliphatic carbocycles. The second-order valence-corrected chi connectivity index (χ2v) is 7.10. The Labute approximate surface area is 165 Å². The van der Waals surface area contributed by atoms with Crippen LogP contribution in [-0.2, 0) is 6.54 Å². The predicted molar refractivity (Wildman–Crippen MR) is 97.0 cm³/mol. The molecule has 0 saturated heterocycles. The molecule has 6 nitrogen and oxygen atoms in total. The van der Waals surface area contributed by atoms with E-state index in [0.29, 0.717) is 22.4 Å². The summed E-state index contributed by atoms with van der Waals surface area (Å²) in [6, 6.07) is 8.32. The zero-order chi connectivity index (χ0) is 20.0. The van der Waals surface area contributed by atoms with Crippen LogP contribution in [0.3, 0.4) is 0 Å². The van der Waals surface area contributed by atoms with Gasteiger partial charge in [-0.15, -0.1) is 0 Å². The highest BCUT2D eigenvalue weighted by Crippen LogP contribution is 2.37. The number of alkyl halides is 2. The number of para-hydroxylation sites is 1. The van der Waals surface area contributed by atoms with Gasteiger partial charge in [0.1, 0.15) is 17.4 Å². The van der Waals surface area contributed by atoms with Crippen LogP contribution in [0.25, 0.3) is 11.0 Å². The number of halogens is 4. The number of carboxylic acid groups (broad SMARTS) is 1. The Morgan fingerprint density at radius 1 is 1.32 bits per heavy atom. The van der Waals surface area contributed by atoms with E-state index in [4.69, 9.17) is 0 Å². The summed E-state index contributed by atoms with van der Waals surface area (Å²) in [5.41, 5.74) is 1.29. The maximum Gasteiger partial charge on any atom is 0.407 e. The number of carbonyl (C=O) groups is 1. The molecule has 4 rings (SSSR count). The number of nitrogens with zero attached hydrogens (tertiary/aromatic N) is 3. The smallest absolute Gasteiger partial charge is 0.407 e. The number of hydrogen-bond acceptors (Lipinski definition) is 3. The van der Waals surface area contributed by atoms with E-state index in [1.165, 1.54) is 12.1 Å². The number of hydrogen-bond donors (Lipinski definition) is 1. The van der Waals surface area contributed by atoms with Gasteiger partial charge in [0.25, 0.3) is 0 Å². The van der Waals surface area contributed by atoms with Crippen molar-refractivity contribution in [1.82, 2.24) is 14.5 Å². The fraction of sp³-hybridized carbons (Fsp3) is 0.222. The van der Waals surface area contributed by atoms with E-state index in [-0.39, 0.29) is 23.3 Å². The molecule has 0 radical (unpaired) electrons. The molecule has 1 amide bonds. The first-order chi connectivity index (χ1) is 13.3. The molecule has 1 atom stereocenters. The van der Waals surface area contributed by atoms with E-state index >= 15 is 0 Å². The standard InChI is InChI=1S/C18H13BrF3N3O3/c19-10-5-13-12(6-11(10)20)23-16-8-24(18(26)27)7-14(25(13)16)9-3-1-2-4-15(9)28-17(21)22/h1-6,14,17H,7-8H2,(H,26,27)/t14-/m1/s1. The minimum absolute atomic E-state index is 0.00236. The van der Waals surface area contributed by atoms with Gasteiger partial charge in [-0.05, 0) is 28.1 Å². The third-order valence-corrected chi connectivity index (χ3v) is 5.21. The molecule has 3 aromatic rings. The van der Waals surface area contributed by atoms with Crippen LogP contribution in [0.5, 0.6) is 5.75 Å². The van der Waals surface area contributed by atoms with E-state index in [1.54, 1.807) is 28.8 Å². The number of imidazole rings is 1. The highest BCUT2D eigenvalue weighted by Gasteiger charge is 2.33. The van der Waals surface area contributed by atoms with Crippen LogP contribution < -0.4 is 4.74 Å². The highest BCUT2D eigenvalue weighted by molar-refractivity contribution is 9.10. The van der Waals surface area contributed by atoms with Crippen molar-refractivity contribution >= 4 is 33.1 Å². The Morgan fingerprint density at radius 2 is 2.07 bits per heavy atom.